The number of morpholine rings is 1. The second-order valence-electron chi connectivity index (χ2n) is 6.27. The van der Waals surface area contributed by atoms with Crippen molar-refractivity contribution in [2.45, 2.75) is 13.2 Å². The predicted octanol–water partition coefficient (Wildman–Crippen LogP) is 3.28. The zero-order valence-electron chi connectivity index (χ0n) is 15.3. The van der Waals surface area contributed by atoms with Crippen molar-refractivity contribution in [1.29, 1.82) is 0 Å². The van der Waals surface area contributed by atoms with Crippen LogP contribution >= 0.6 is 0 Å². The van der Waals surface area contributed by atoms with E-state index in [1.807, 2.05) is 0 Å². The highest BCUT2D eigenvalue weighted by Crippen LogP contribution is 2.27. The molecule has 8 nitrogen and oxygen atoms in total. The number of carbonyl (C=O) groups excluding carboxylic acids is 1. The van der Waals surface area contributed by atoms with E-state index in [4.69, 9.17) is 4.74 Å². The Hall–Kier alpha value is -3.27. The third-order valence-corrected chi connectivity index (χ3v) is 4.37. The van der Waals surface area contributed by atoms with Gasteiger partial charge in [-0.25, -0.2) is 0 Å². The number of carbonyl (C=O) groups is 1. The molecule has 10 heteroatoms. The van der Waals surface area contributed by atoms with Gasteiger partial charge in [0.25, 0.3) is 11.6 Å². The number of rotatable bonds is 7. The summed E-state index contributed by atoms with van der Waals surface area (Å²) in [5.74, 6) is -0.252. The Bertz CT molecular complexity index is 871. The SMILES string of the molecule is O=C(c1ccc(NCc2ccc(OC(F)F)cc2)c([N+](=O)[O-])c1)N1CCOCC1. The molecule has 2 aromatic carbocycles. The average molecular weight is 407 g/mol. The molecule has 0 spiro atoms. The summed E-state index contributed by atoms with van der Waals surface area (Å²) >= 11 is 0. The standard InChI is InChI=1S/C19H19F2N3O5/c20-19(21)29-15-4-1-13(2-5-15)12-22-16-6-3-14(11-17(16)24(26)27)18(25)23-7-9-28-10-8-23/h1-6,11,19,22H,7-10,12H2. The number of hydrogen-bond donors (Lipinski definition) is 1. The average Bonchev–Trinajstić information content (AvgIpc) is 2.73. The Morgan fingerprint density at radius 3 is 2.52 bits per heavy atom. The first kappa shape index (κ1) is 20.5. The molecule has 0 aliphatic carbocycles. The van der Waals surface area contributed by atoms with E-state index >= 15 is 0 Å². The van der Waals surface area contributed by atoms with Gasteiger partial charge in [-0.05, 0) is 29.8 Å². The summed E-state index contributed by atoms with van der Waals surface area (Å²) in [5, 5.41) is 14.4. The number of nitrogens with zero attached hydrogens (tertiary/aromatic N) is 2. The van der Waals surface area contributed by atoms with Crippen LogP contribution in [0.2, 0.25) is 0 Å². The molecule has 1 amide bonds. The summed E-state index contributed by atoms with van der Waals surface area (Å²) in [6, 6.07) is 10.2. The molecule has 1 fully saturated rings. The molecule has 154 valence electrons. The van der Waals surface area contributed by atoms with Crippen LogP contribution in [0, 0.1) is 10.1 Å². The first-order chi connectivity index (χ1) is 13.9. The van der Waals surface area contributed by atoms with Gasteiger partial charge in [-0.15, -0.1) is 0 Å². The summed E-state index contributed by atoms with van der Waals surface area (Å²) in [6.07, 6.45) is 0. The number of nitro benzene ring substituents is 1. The van der Waals surface area contributed by atoms with Crippen LogP contribution in [-0.2, 0) is 11.3 Å². The number of alkyl halides is 2. The van der Waals surface area contributed by atoms with E-state index in [0.717, 1.165) is 5.56 Å². The molecule has 1 N–H and O–H groups in total. The van der Waals surface area contributed by atoms with Crippen molar-refractivity contribution in [1.82, 2.24) is 4.90 Å². The summed E-state index contributed by atoms with van der Waals surface area (Å²) < 4.78 is 33.9. The molecule has 2 aromatic rings. The predicted molar refractivity (Wildman–Crippen MR) is 100 cm³/mol. The highest BCUT2D eigenvalue weighted by molar-refractivity contribution is 5.95. The monoisotopic (exact) mass is 407 g/mol. The fourth-order valence-electron chi connectivity index (χ4n) is 2.90. The van der Waals surface area contributed by atoms with Crippen LogP contribution in [0.15, 0.2) is 42.5 Å². The van der Waals surface area contributed by atoms with Gasteiger partial charge >= 0.3 is 6.61 Å². The Morgan fingerprint density at radius 2 is 1.90 bits per heavy atom. The number of nitrogens with one attached hydrogen (secondary N) is 1. The number of nitro groups is 1. The van der Waals surface area contributed by atoms with Gasteiger partial charge in [-0.1, -0.05) is 12.1 Å². The Kier molecular flexibility index (Phi) is 6.55. The summed E-state index contributed by atoms with van der Waals surface area (Å²) in [5.41, 5.74) is 0.982. The van der Waals surface area contributed by atoms with Crippen LogP contribution < -0.4 is 10.1 Å². The molecule has 1 aliphatic rings. The Balaban J connectivity index is 1.70. The van der Waals surface area contributed by atoms with Crippen LogP contribution in [0.5, 0.6) is 5.75 Å². The van der Waals surface area contributed by atoms with Gasteiger partial charge in [0.15, 0.2) is 0 Å². The lowest BCUT2D eigenvalue weighted by Gasteiger charge is -2.26. The van der Waals surface area contributed by atoms with Crippen LogP contribution in [0.3, 0.4) is 0 Å². The van der Waals surface area contributed by atoms with E-state index in [1.165, 1.54) is 30.3 Å². The zero-order chi connectivity index (χ0) is 20.8. The normalized spacial score (nSPS) is 14.0. The molecule has 1 aliphatic heterocycles. The number of benzene rings is 2. The molecule has 0 atom stereocenters. The minimum Gasteiger partial charge on any atom is -0.435 e. The second kappa shape index (κ2) is 9.28. The molecule has 1 heterocycles. The number of amides is 1. The van der Waals surface area contributed by atoms with Gasteiger partial charge in [-0.2, -0.15) is 8.78 Å². The van der Waals surface area contributed by atoms with E-state index in [2.05, 4.69) is 10.1 Å². The van der Waals surface area contributed by atoms with E-state index < -0.39 is 11.5 Å². The third kappa shape index (κ3) is 5.38. The van der Waals surface area contributed by atoms with Crippen molar-refractivity contribution in [3.8, 4) is 5.75 Å². The van der Waals surface area contributed by atoms with E-state index in [0.29, 0.717) is 26.3 Å². The van der Waals surface area contributed by atoms with Crippen molar-refractivity contribution < 1.29 is 28.0 Å². The fourth-order valence-corrected chi connectivity index (χ4v) is 2.90. The molecular weight excluding hydrogens is 388 g/mol. The highest BCUT2D eigenvalue weighted by Gasteiger charge is 2.22. The molecule has 3 rings (SSSR count). The minimum atomic E-state index is -2.90. The number of anilines is 1. The topological polar surface area (TPSA) is 93.9 Å². The first-order valence-corrected chi connectivity index (χ1v) is 8.87. The fraction of sp³-hybridized carbons (Fsp3) is 0.316. The highest BCUT2D eigenvalue weighted by atomic mass is 19.3. The molecule has 0 unspecified atom stereocenters. The molecule has 29 heavy (non-hydrogen) atoms. The van der Waals surface area contributed by atoms with Gasteiger partial charge in [0.2, 0.25) is 0 Å². The van der Waals surface area contributed by atoms with Gasteiger partial charge in [0.1, 0.15) is 11.4 Å². The van der Waals surface area contributed by atoms with Gasteiger partial charge in [-0.3, -0.25) is 14.9 Å². The molecule has 0 saturated carbocycles. The quantitative estimate of drug-likeness (QED) is 0.559. The zero-order valence-corrected chi connectivity index (χ0v) is 15.3. The van der Waals surface area contributed by atoms with Crippen LogP contribution in [0.1, 0.15) is 15.9 Å². The Labute approximate surface area is 165 Å². The maximum absolute atomic E-state index is 12.5. The largest absolute Gasteiger partial charge is 0.435 e. The second-order valence-corrected chi connectivity index (χ2v) is 6.27. The lowest BCUT2D eigenvalue weighted by molar-refractivity contribution is -0.384. The first-order valence-electron chi connectivity index (χ1n) is 8.87. The lowest BCUT2D eigenvalue weighted by atomic mass is 10.1. The number of ether oxygens (including phenoxy) is 2. The van der Waals surface area contributed by atoms with Crippen molar-refractivity contribution in [3.05, 3.63) is 63.7 Å². The molecule has 0 bridgehead atoms. The molecule has 0 aromatic heterocycles. The maximum Gasteiger partial charge on any atom is 0.387 e. The van der Waals surface area contributed by atoms with Crippen molar-refractivity contribution in [2.24, 2.45) is 0 Å². The summed E-state index contributed by atoms with van der Waals surface area (Å²) in [6.45, 7) is -0.911. The van der Waals surface area contributed by atoms with Crippen LogP contribution in [0.25, 0.3) is 0 Å². The summed E-state index contributed by atoms with van der Waals surface area (Å²) in [7, 11) is 0. The van der Waals surface area contributed by atoms with E-state index in [9.17, 15) is 23.7 Å². The summed E-state index contributed by atoms with van der Waals surface area (Å²) in [4.78, 5) is 25.0. The van der Waals surface area contributed by atoms with Gasteiger partial charge < -0.3 is 19.7 Å². The molecule has 1 saturated heterocycles. The van der Waals surface area contributed by atoms with Crippen LogP contribution in [-0.4, -0.2) is 48.6 Å². The van der Waals surface area contributed by atoms with E-state index in [1.54, 1.807) is 17.0 Å². The molecule has 0 radical (unpaired) electrons. The van der Waals surface area contributed by atoms with Crippen LogP contribution in [0.4, 0.5) is 20.2 Å². The maximum atomic E-state index is 12.5. The third-order valence-electron chi connectivity index (χ3n) is 4.37. The Morgan fingerprint density at radius 1 is 1.21 bits per heavy atom. The lowest BCUT2D eigenvalue weighted by Crippen LogP contribution is -2.40. The van der Waals surface area contributed by atoms with Crippen molar-refractivity contribution in [3.63, 3.8) is 0 Å². The minimum absolute atomic E-state index is 0.0284. The van der Waals surface area contributed by atoms with E-state index in [-0.39, 0.29) is 35.1 Å². The smallest absolute Gasteiger partial charge is 0.387 e. The van der Waals surface area contributed by atoms with Gasteiger partial charge in [0, 0.05) is 31.3 Å². The number of halogens is 2. The van der Waals surface area contributed by atoms with Crippen molar-refractivity contribution >= 4 is 17.3 Å². The molecular formula is C19H19F2N3O5. The van der Waals surface area contributed by atoms with Crippen molar-refractivity contribution in [2.75, 3.05) is 31.6 Å². The number of hydrogen-bond acceptors (Lipinski definition) is 6. The van der Waals surface area contributed by atoms with Gasteiger partial charge in [0.05, 0.1) is 18.1 Å².